The van der Waals surface area contributed by atoms with Gasteiger partial charge in [-0.25, -0.2) is 0 Å². The van der Waals surface area contributed by atoms with Gasteiger partial charge in [-0.1, -0.05) is 32.1 Å². The Labute approximate surface area is 81.1 Å². The highest BCUT2D eigenvalue weighted by Gasteiger charge is 2.69. The van der Waals surface area contributed by atoms with Gasteiger partial charge in [0.25, 0.3) is 0 Å². The second-order valence-corrected chi connectivity index (χ2v) is 6.11. The highest BCUT2D eigenvalue weighted by molar-refractivity contribution is 5.17. The van der Waals surface area contributed by atoms with Gasteiger partial charge >= 0.3 is 0 Å². The highest BCUT2D eigenvalue weighted by Crippen LogP contribution is 2.75. The van der Waals surface area contributed by atoms with Gasteiger partial charge in [-0.05, 0) is 48.3 Å². The van der Waals surface area contributed by atoms with E-state index in [0.717, 1.165) is 0 Å². The number of hydrogen-bond acceptors (Lipinski definition) is 0. The summed E-state index contributed by atoms with van der Waals surface area (Å²) in [5.74, 6) is 7.38. The molecule has 0 saturated heterocycles. The molecule has 5 saturated carbocycles. The predicted octanol–water partition coefficient (Wildman–Crippen LogP) is 3.47. The first kappa shape index (κ1) is 7.31. The fourth-order valence-electron chi connectivity index (χ4n) is 5.35. The molecule has 3 atom stereocenters. The van der Waals surface area contributed by atoms with Crippen molar-refractivity contribution < 1.29 is 0 Å². The van der Waals surface area contributed by atoms with Crippen molar-refractivity contribution in [2.75, 3.05) is 0 Å². The summed E-state index contributed by atoms with van der Waals surface area (Å²) in [6.07, 6.45) is 11.1. The van der Waals surface area contributed by atoms with Crippen molar-refractivity contribution in [3.05, 3.63) is 0 Å². The maximum atomic E-state index is 1.65. The lowest BCUT2D eigenvalue weighted by Crippen LogP contribution is -2.20. The molecule has 0 nitrogen and oxygen atoms in total. The molecule has 5 aliphatic carbocycles. The van der Waals surface area contributed by atoms with E-state index in [1.165, 1.54) is 41.9 Å². The van der Waals surface area contributed by atoms with Gasteiger partial charge in [-0.3, -0.25) is 0 Å². The Balaban J connectivity index is 1.55. The molecule has 0 heterocycles. The molecule has 0 aromatic heterocycles. The summed E-state index contributed by atoms with van der Waals surface area (Å²) in [7, 11) is 0. The monoisotopic (exact) mass is 176 g/mol. The third-order valence-corrected chi connectivity index (χ3v) is 5.73. The van der Waals surface area contributed by atoms with E-state index in [0.29, 0.717) is 0 Å². The summed E-state index contributed by atoms with van der Waals surface area (Å²) in [4.78, 5) is 0. The minimum Gasteiger partial charge on any atom is -0.0533 e. The molecule has 0 amide bonds. The van der Waals surface area contributed by atoms with Crippen LogP contribution in [-0.4, -0.2) is 0 Å². The van der Waals surface area contributed by atoms with E-state index in [1.807, 2.05) is 0 Å². The van der Waals surface area contributed by atoms with Crippen LogP contribution >= 0.6 is 0 Å². The Morgan fingerprint density at radius 2 is 1.31 bits per heavy atom. The molecule has 4 bridgehead atoms. The molecule has 0 radical (unpaired) electrons. The lowest BCUT2D eigenvalue weighted by Gasteiger charge is -2.29. The average molecular weight is 176 g/mol. The number of rotatable bonds is 1. The normalized spacial score (nSPS) is 58.6. The molecule has 0 spiro atoms. The molecule has 0 aromatic rings. The van der Waals surface area contributed by atoms with Gasteiger partial charge in [0.2, 0.25) is 0 Å². The second-order valence-electron chi connectivity index (χ2n) is 6.11. The Morgan fingerprint density at radius 3 is 1.85 bits per heavy atom. The van der Waals surface area contributed by atoms with Gasteiger partial charge in [0.05, 0.1) is 0 Å². The van der Waals surface area contributed by atoms with Crippen LogP contribution in [0.5, 0.6) is 0 Å². The van der Waals surface area contributed by atoms with E-state index in [-0.39, 0.29) is 0 Å². The van der Waals surface area contributed by atoms with Crippen LogP contribution in [0, 0.1) is 35.5 Å². The van der Waals surface area contributed by atoms with E-state index in [2.05, 4.69) is 0 Å². The third kappa shape index (κ3) is 0.831. The van der Waals surface area contributed by atoms with E-state index in [4.69, 9.17) is 0 Å². The maximum Gasteiger partial charge on any atom is -0.0318 e. The first-order valence-corrected chi connectivity index (χ1v) is 6.45. The Kier molecular flexibility index (Phi) is 1.31. The zero-order chi connectivity index (χ0) is 8.41. The van der Waals surface area contributed by atoms with Crippen LogP contribution in [0.25, 0.3) is 0 Å². The molecule has 0 N–H and O–H groups in total. The zero-order valence-electron chi connectivity index (χ0n) is 8.41. The van der Waals surface area contributed by atoms with E-state index in [1.54, 1.807) is 38.5 Å². The number of hydrogen-bond donors (Lipinski definition) is 0. The Morgan fingerprint density at radius 1 is 0.615 bits per heavy atom. The molecule has 0 aliphatic heterocycles. The lowest BCUT2D eigenvalue weighted by atomic mass is 9.76. The van der Waals surface area contributed by atoms with Crippen LogP contribution < -0.4 is 0 Å². The van der Waals surface area contributed by atoms with Crippen molar-refractivity contribution in [1.29, 1.82) is 0 Å². The molecule has 72 valence electrons. The van der Waals surface area contributed by atoms with Crippen LogP contribution in [0.1, 0.15) is 44.9 Å². The largest absolute Gasteiger partial charge is 0.0533 e. The van der Waals surface area contributed by atoms with Gasteiger partial charge in [0.15, 0.2) is 0 Å². The Bertz CT molecular complexity index is 212. The molecule has 0 aromatic carbocycles. The maximum absolute atomic E-state index is 1.65. The van der Waals surface area contributed by atoms with Gasteiger partial charge in [-0.15, -0.1) is 0 Å². The van der Waals surface area contributed by atoms with Crippen molar-refractivity contribution in [3.63, 3.8) is 0 Å². The van der Waals surface area contributed by atoms with E-state index < -0.39 is 0 Å². The fraction of sp³-hybridized carbons (Fsp3) is 1.00. The smallest absolute Gasteiger partial charge is 0.0318 e. The third-order valence-electron chi connectivity index (χ3n) is 5.73. The molecule has 5 fully saturated rings. The topological polar surface area (TPSA) is 0 Å². The van der Waals surface area contributed by atoms with Crippen LogP contribution in [0.15, 0.2) is 0 Å². The molecule has 5 aliphatic rings. The standard InChI is InChI=1S/C13H20/c1-2-4-8(5-3-1)12-9-6-10-11(7-9)13(10)12/h8-13H,1-7H2. The first-order valence-electron chi connectivity index (χ1n) is 6.45. The minimum atomic E-state index is 1.18. The average Bonchev–Trinajstić information content (AvgIpc) is 2.65. The fourth-order valence-corrected chi connectivity index (χ4v) is 5.35. The SMILES string of the molecule is C1CCC(C2C3CC4C(C3)C42)CC1. The summed E-state index contributed by atoms with van der Waals surface area (Å²) in [5, 5.41) is 0. The summed E-state index contributed by atoms with van der Waals surface area (Å²) < 4.78 is 0. The summed E-state index contributed by atoms with van der Waals surface area (Å²) in [5.41, 5.74) is 0. The van der Waals surface area contributed by atoms with Crippen molar-refractivity contribution >= 4 is 0 Å². The lowest BCUT2D eigenvalue weighted by molar-refractivity contribution is 0.206. The van der Waals surface area contributed by atoms with Crippen LogP contribution in [0.4, 0.5) is 0 Å². The minimum absolute atomic E-state index is 1.18. The summed E-state index contributed by atoms with van der Waals surface area (Å²) in [6.45, 7) is 0. The van der Waals surface area contributed by atoms with Crippen LogP contribution in [-0.2, 0) is 0 Å². The molecule has 5 rings (SSSR count). The van der Waals surface area contributed by atoms with Crippen LogP contribution in [0.2, 0.25) is 0 Å². The van der Waals surface area contributed by atoms with Crippen molar-refractivity contribution in [3.8, 4) is 0 Å². The van der Waals surface area contributed by atoms with E-state index >= 15 is 0 Å². The molecule has 3 unspecified atom stereocenters. The van der Waals surface area contributed by atoms with E-state index in [9.17, 15) is 0 Å². The van der Waals surface area contributed by atoms with Gasteiger partial charge in [0.1, 0.15) is 0 Å². The first-order chi connectivity index (χ1) is 6.45. The van der Waals surface area contributed by atoms with Gasteiger partial charge < -0.3 is 0 Å². The molecular formula is C13H20. The highest BCUT2D eigenvalue weighted by atomic mass is 14.7. The quantitative estimate of drug-likeness (QED) is 0.574. The summed E-state index contributed by atoms with van der Waals surface area (Å²) >= 11 is 0. The second kappa shape index (κ2) is 2.32. The van der Waals surface area contributed by atoms with Crippen LogP contribution in [0.3, 0.4) is 0 Å². The van der Waals surface area contributed by atoms with Crippen molar-refractivity contribution in [2.45, 2.75) is 44.9 Å². The molecule has 13 heavy (non-hydrogen) atoms. The summed E-state index contributed by atoms with van der Waals surface area (Å²) in [6, 6.07) is 0. The molecule has 0 heteroatoms. The molecular weight excluding hydrogens is 156 g/mol. The predicted molar refractivity (Wildman–Crippen MR) is 53.3 cm³/mol. The Hall–Kier alpha value is 0. The van der Waals surface area contributed by atoms with Crippen molar-refractivity contribution in [2.24, 2.45) is 35.5 Å². The van der Waals surface area contributed by atoms with Gasteiger partial charge in [-0.2, -0.15) is 0 Å². The van der Waals surface area contributed by atoms with Crippen molar-refractivity contribution in [1.82, 2.24) is 0 Å². The zero-order valence-corrected chi connectivity index (χ0v) is 8.41. The van der Waals surface area contributed by atoms with Gasteiger partial charge in [0, 0.05) is 0 Å².